The summed E-state index contributed by atoms with van der Waals surface area (Å²) in [6.45, 7) is 2.37. The van der Waals surface area contributed by atoms with Gasteiger partial charge in [-0.1, -0.05) is 24.4 Å². The maximum Gasteiger partial charge on any atom is 0.341 e. The number of nitrogens with zero attached hydrogens (tertiary/aromatic N) is 4. The van der Waals surface area contributed by atoms with Crippen molar-refractivity contribution in [2.75, 3.05) is 4.90 Å². The van der Waals surface area contributed by atoms with Crippen molar-refractivity contribution >= 4 is 35.1 Å². The number of imide groups is 1. The summed E-state index contributed by atoms with van der Waals surface area (Å²) in [7, 11) is 1.08. The second-order valence-electron chi connectivity index (χ2n) is 9.13. The van der Waals surface area contributed by atoms with Gasteiger partial charge in [-0.3, -0.25) is 14.4 Å². The highest BCUT2D eigenvalue weighted by atomic mass is 35.5. The van der Waals surface area contributed by atoms with Gasteiger partial charge in [0.1, 0.15) is 12.4 Å². The maximum atomic E-state index is 15.0. The summed E-state index contributed by atoms with van der Waals surface area (Å²) >= 11 is 6.19. The second kappa shape index (κ2) is 9.49. The molecule has 0 bridgehead atoms. The van der Waals surface area contributed by atoms with Crippen LogP contribution >= 0.6 is 11.6 Å². The molecule has 2 heterocycles. The average molecular weight is 523 g/mol. The average Bonchev–Trinajstić information content (AvgIpc) is 3.06. The SMILES string of the molecule is CC(C)OC(=O)Cn1c(=O)n(C)c(=O)n(-c2cc(N3C(=O)C4CCCCC4C3=O)c(F)cc2Cl)c1=O. The third-order valence-corrected chi connectivity index (χ3v) is 6.71. The number of hydrogen-bond acceptors (Lipinski definition) is 7. The molecule has 0 radical (unpaired) electrons. The Balaban J connectivity index is 1.88. The van der Waals surface area contributed by atoms with Gasteiger partial charge in [-0.15, -0.1) is 0 Å². The summed E-state index contributed by atoms with van der Waals surface area (Å²) in [4.78, 5) is 77.6. The smallest absolute Gasteiger partial charge is 0.341 e. The van der Waals surface area contributed by atoms with Crippen molar-refractivity contribution in [1.29, 1.82) is 0 Å². The van der Waals surface area contributed by atoms with E-state index in [2.05, 4.69) is 0 Å². The van der Waals surface area contributed by atoms with Gasteiger partial charge in [-0.2, -0.15) is 0 Å². The molecule has 0 spiro atoms. The minimum Gasteiger partial charge on any atom is -0.462 e. The number of anilines is 1. The Morgan fingerprint density at radius 1 is 1.00 bits per heavy atom. The van der Waals surface area contributed by atoms with Crippen molar-refractivity contribution in [3.05, 3.63) is 54.4 Å². The minimum absolute atomic E-state index is 0.361. The molecule has 1 aromatic carbocycles. The van der Waals surface area contributed by atoms with E-state index in [0.717, 1.165) is 36.9 Å². The molecule has 2 unspecified atom stereocenters. The van der Waals surface area contributed by atoms with E-state index in [1.165, 1.54) is 0 Å². The van der Waals surface area contributed by atoms with Crippen LogP contribution in [0.5, 0.6) is 0 Å². The first-order chi connectivity index (χ1) is 16.9. The summed E-state index contributed by atoms with van der Waals surface area (Å²) in [5, 5.41) is -0.387. The van der Waals surface area contributed by atoms with Crippen molar-refractivity contribution in [3.8, 4) is 5.69 Å². The topological polar surface area (TPSA) is 130 Å². The number of fused-ring (bicyclic) bond motifs is 1. The number of esters is 1. The van der Waals surface area contributed by atoms with Crippen LogP contribution in [-0.2, 0) is 32.7 Å². The molecule has 2 amide bonds. The molecule has 2 fully saturated rings. The van der Waals surface area contributed by atoms with E-state index in [1.54, 1.807) is 13.8 Å². The van der Waals surface area contributed by atoms with Crippen molar-refractivity contribution < 1.29 is 23.5 Å². The van der Waals surface area contributed by atoms with Crippen LogP contribution < -0.4 is 22.0 Å². The van der Waals surface area contributed by atoms with Crippen LogP contribution in [0.4, 0.5) is 10.1 Å². The molecule has 1 aliphatic heterocycles. The predicted molar refractivity (Wildman–Crippen MR) is 126 cm³/mol. The van der Waals surface area contributed by atoms with Gasteiger partial charge in [0.2, 0.25) is 11.8 Å². The van der Waals surface area contributed by atoms with Gasteiger partial charge in [-0.05, 0) is 38.8 Å². The van der Waals surface area contributed by atoms with Gasteiger partial charge in [-0.25, -0.2) is 37.4 Å². The highest BCUT2D eigenvalue weighted by molar-refractivity contribution is 6.32. The quantitative estimate of drug-likeness (QED) is 0.425. The first-order valence-electron chi connectivity index (χ1n) is 11.4. The lowest BCUT2D eigenvalue weighted by atomic mass is 9.81. The van der Waals surface area contributed by atoms with E-state index in [-0.39, 0.29) is 10.7 Å². The molecule has 1 saturated carbocycles. The summed E-state index contributed by atoms with van der Waals surface area (Å²) in [5.74, 6) is -4.13. The molecule has 2 aromatic rings. The van der Waals surface area contributed by atoms with Crippen LogP contribution in [0.25, 0.3) is 5.69 Å². The largest absolute Gasteiger partial charge is 0.462 e. The lowest BCUT2D eigenvalue weighted by Gasteiger charge is -2.19. The third kappa shape index (κ3) is 4.19. The molecule has 0 N–H and O–H groups in total. The van der Waals surface area contributed by atoms with Crippen LogP contribution in [0.1, 0.15) is 39.5 Å². The molecule has 1 aromatic heterocycles. The van der Waals surface area contributed by atoms with Gasteiger partial charge in [0, 0.05) is 7.05 Å². The Hall–Kier alpha value is -3.54. The van der Waals surface area contributed by atoms with E-state index in [4.69, 9.17) is 16.3 Å². The second-order valence-corrected chi connectivity index (χ2v) is 9.54. The first kappa shape index (κ1) is 25.5. The molecule has 192 valence electrons. The summed E-state index contributed by atoms with van der Waals surface area (Å²) in [6, 6.07) is 1.73. The number of hydrogen-bond donors (Lipinski definition) is 0. The number of halogens is 2. The maximum absolute atomic E-state index is 15.0. The highest BCUT2D eigenvalue weighted by Gasteiger charge is 2.49. The Morgan fingerprint density at radius 2 is 1.58 bits per heavy atom. The molecule has 13 heteroatoms. The third-order valence-electron chi connectivity index (χ3n) is 6.41. The summed E-state index contributed by atoms with van der Waals surface area (Å²) in [6.07, 6.45) is 2.04. The van der Waals surface area contributed by atoms with Crippen LogP contribution in [0.15, 0.2) is 26.5 Å². The first-order valence-corrected chi connectivity index (χ1v) is 11.8. The molecule has 2 atom stereocenters. The monoisotopic (exact) mass is 522 g/mol. The van der Waals surface area contributed by atoms with E-state index in [0.29, 0.717) is 26.5 Å². The summed E-state index contributed by atoms with van der Waals surface area (Å²) < 4.78 is 21.5. The number of carbonyl (C=O) groups is 3. The zero-order valence-electron chi connectivity index (χ0n) is 19.8. The number of benzene rings is 1. The fourth-order valence-electron chi connectivity index (χ4n) is 4.74. The fourth-order valence-corrected chi connectivity index (χ4v) is 4.97. The van der Waals surface area contributed by atoms with Crippen molar-refractivity contribution in [3.63, 3.8) is 0 Å². The van der Waals surface area contributed by atoms with Crippen LogP contribution in [0.3, 0.4) is 0 Å². The number of ether oxygens (including phenoxy) is 1. The van der Waals surface area contributed by atoms with Crippen molar-refractivity contribution in [2.24, 2.45) is 18.9 Å². The number of carbonyl (C=O) groups excluding carboxylic acids is 3. The predicted octanol–water partition coefficient (Wildman–Crippen LogP) is 1.12. The van der Waals surface area contributed by atoms with Gasteiger partial charge in [0.15, 0.2) is 0 Å². The Kier molecular flexibility index (Phi) is 6.74. The van der Waals surface area contributed by atoms with E-state index >= 15 is 4.39 Å². The molecular formula is C23H24ClFN4O7. The zero-order valence-corrected chi connectivity index (χ0v) is 20.6. The molecular weight excluding hydrogens is 499 g/mol. The van der Waals surface area contributed by atoms with E-state index < -0.39 is 70.8 Å². The zero-order chi connectivity index (χ0) is 26.5. The lowest BCUT2D eigenvalue weighted by molar-refractivity contribution is -0.148. The van der Waals surface area contributed by atoms with Gasteiger partial charge < -0.3 is 4.74 Å². The Labute approximate surface area is 208 Å². The van der Waals surface area contributed by atoms with Crippen molar-refractivity contribution in [1.82, 2.24) is 13.7 Å². The summed E-state index contributed by atoms with van der Waals surface area (Å²) in [5.41, 5.74) is -4.24. The van der Waals surface area contributed by atoms with Crippen molar-refractivity contribution in [2.45, 2.75) is 52.2 Å². The van der Waals surface area contributed by atoms with Gasteiger partial charge >= 0.3 is 23.0 Å². The number of aromatic nitrogens is 3. The Morgan fingerprint density at radius 3 is 2.14 bits per heavy atom. The van der Waals surface area contributed by atoms with Crippen LogP contribution in [0.2, 0.25) is 5.02 Å². The molecule has 2 aliphatic rings. The molecule has 4 rings (SSSR count). The molecule has 36 heavy (non-hydrogen) atoms. The lowest BCUT2D eigenvalue weighted by Crippen LogP contribution is -2.54. The minimum atomic E-state index is -1.23. The van der Waals surface area contributed by atoms with Crippen LogP contribution in [0, 0.1) is 17.7 Å². The van der Waals surface area contributed by atoms with E-state index in [9.17, 15) is 28.8 Å². The normalized spacial score (nSPS) is 19.7. The molecule has 11 nitrogen and oxygen atoms in total. The van der Waals surface area contributed by atoms with Gasteiger partial charge in [0.05, 0.1) is 34.3 Å². The van der Waals surface area contributed by atoms with Gasteiger partial charge in [0.25, 0.3) is 0 Å². The fraction of sp³-hybridized carbons (Fsp3) is 0.478. The Bertz CT molecular complexity index is 1430. The van der Waals surface area contributed by atoms with E-state index in [1.807, 2.05) is 0 Å². The molecule has 1 aliphatic carbocycles. The number of rotatable bonds is 5. The molecule has 1 saturated heterocycles. The standard InChI is InChI=1S/C23H24ClFN4O7/c1-11(2)36-18(30)10-27-21(33)26(3)22(34)29(23(27)35)16-9-17(15(25)8-14(16)24)28-19(31)12-6-4-5-7-13(12)20(28)32/h8-9,11-13H,4-7,10H2,1-3H3. The van der Waals surface area contributed by atoms with Crippen LogP contribution in [-0.4, -0.2) is 37.6 Å². The number of amides is 2. The highest BCUT2D eigenvalue weighted by Crippen LogP contribution is 2.41.